The summed E-state index contributed by atoms with van der Waals surface area (Å²) in [4.78, 5) is 6.72. The molecule has 2 atom stereocenters. The van der Waals surface area contributed by atoms with Crippen molar-refractivity contribution in [3.05, 3.63) is 24.0 Å². The average molecular weight is 251 g/mol. The van der Waals surface area contributed by atoms with Gasteiger partial charge in [0.1, 0.15) is 4.99 Å². The Morgan fingerprint density at radius 2 is 2.41 bits per heavy atom. The van der Waals surface area contributed by atoms with Gasteiger partial charge in [0, 0.05) is 25.4 Å². The Bertz CT molecular complexity index is 424. The Morgan fingerprint density at radius 1 is 1.65 bits per heavy atom. The summed E-state index contributed by atoms with van der Waals surface area (Å²) in [5, 5.41) is 0. The molecule has 0 bridgehead atoms. The Hall–Kier alpha value is -1.20. The monoisotopic (exact) mass is 251 g/mol. The zero-order chi connectivity index (χ0) is 12.4. The molecular formula is C12H17N3OS. The second-order valence-corrected chi connectivity index (χ2v) is 4.74. The Kier molecular flexibility index (Phi) is 3.59. The summed E-state index contributed by atoms with van der Waals surface area (Å²) in [5.74, 6) is 0. The number of thiocarbonyl (C=S) groups is 1. The highest BCUT2D eigenvalue weighted by molar-refractivity contribution is 7.80. The first-order valence-corrected chi connectivity index (χ1v) is 6.10. The van der Waals surface area contributed by atoms with Crippen molar-refractivity contribution < 1.29 is 4.74 Å². The van der Waals surface area contributed by atoms with Gasteiger partial charge in [0.05, 0.1) is 24.0 Å². The highest BCUT2D eigenvalue weighted by Crippen LogP contribution is 2.26. The third kappa shape index (κ3) is 2.40. The molecule has 2 heterocycles. The number of hydrogen-bond acceptors (Lipinski definition) is 4. The predicted molar refractivity (Wildman–Crippen MR) is 72.3 cm³/mol. The molecule has 0 aliphatic carbocycles. The minimum Gasteiger partial charge on any atom is -0.389 e. The Labute approximate surface area is 107 Å². The molecular weight excluding hydrogens is 234 g/mol. The van der Waals surface area contributed by atoms with Crippen LogP contribution in [0.25, 0.3) is 0 Å². The van der Waals surface area contributed by atoms with Gasteiger partial charge in [0.15, 0.2) is 0 Å². The van der Waals surface area contributed by atoms with Gasteiger partial charge in [-0.3, -0.25) is 4.98 Å². The van der Waals surface area contributed by atoms with Crippen LogP contribution in [0.5, 0.6) is 0 Å². The summed E-state index contributed by atoms with van der Waals surface area (Å²) in [6.07, 6.45) is 4.75. The molecule has 1 aliphatic rings. The molecule has 1 fully saturated rings. The van der Waals surface area contributed by atoms with Crippen LogP contribution in [0.4, 0.5) is 5.69 Å². The molecule has 0 radical (unpaired) electrons. The lowest BCUT2D eigenvalue weighted by Crippen LogP contribution is -2.38. The molecule has 4 nitrogen and oxygen atoms in total. The molecule has 0 saturated carbocycles. The number of anilines is 1. The lowest BCUT2D eigenvalue weighted by Gasteiger charge is -2.29. The number of aromatic nitrogens is 1. The number of ether oxygens (including phenoxy) is 1. The predicted octanol–water partition coefficient (Wildman–Crippen LogP) is 1.33. The van der Waals surface area contributed by atoms with E-state index in [0.717, 1.165) is 24.3 Å². The fraction of sp³-hybridized carbons (Fsp3) is 0.500. The largest absolute Gasteiger partial charge is 0.389 e. The third-order valence-electron chi connectivity index (χ3n) is 3.28. The van der Waals surface area contributed by atoms with E-state index in [-0.39, 0.29) is 6.10 Å². The Balaban J connectivity index is 2.30. The van der Waals surface area contributed by atoms with Crippen LogP contribution in [0, 0.1) is 0 Å². The van der Waals surface area contributed by atoms with Crippen LogP contribution in [0.2, 0.25) is 0 Å². The third-order valence-corrected chi connectivity index (χ3v) is 3.50. The molecule has 17 heavy (non-hydrogen) atoms. The highest BCUT2D eigenvalue weighted by Gasteiger charge is 2.29. The van der Waals surface area contributed by atoms with Gasteiger partial charge in [-0.2, -0.15) is 0 Å². The molecule has 2 rings (SSSR count). The lowest BCUT2D eigenvalue weighted by atomic mass is 10.1. The van der Waals surface area contributed by atoms with E-state index in [4.69, 9.17) is 22.7 Å². The number of nitrogens with two attached hydrogens (primary N) is 1. The van der Waals surface area contributed by atoms with Crippen LogP contribution in [-0.4, -0.2) is 35.8 Å². The summed E-state index contributed by atoms with van der Waals surface area (Å²) in [5.41, 5.74) is 7.58. The molecule has 2 N–H and O–H groups in total. The highest BCUT2D eigenvalue weighted by atomic mass is 32.1. The van der Waals surface area contributed by atoms with Crippen molar-refractivity contribution in [2.45, 2.75) is 25.5 Å². The first-order chi connectivity index (χ1) is 8.11. The van der Waals surface area contributed by atoms with Crippen molar-refractivity contribution in [2.75, 3.05) is 18.6 Å². The van der Waals surface area contributed by atoms with Gasteiger partial charge in [-0.15, -0.1) is 0 Å². The smallest absolute Gasteiger partial charge is 0.106 e. The molecule has 0 amide bonds. The fourth-order valence-corrected chi connectivity index (χ4v) is 2.46. The molecule has 1 saturated heterocycles. The standard InChI is InChI=1S/C12H17N3OS/c1-8-10(4-6-16-8)15(2)11-7-14-5-3-9(11)12(13)17/h3,5,7-8,10H,4,6H2,1-2H3,(H2,13,17). The number of hydrogen-bond donors (Lipinski definition) is 1. The van der Waals surface area contributed by atoms with Crippen LogP contribution >= 0.6 is 12.2 Å². The second-order valence-electron chi connectivity index (χ2n) is 4.30. The van der Waals surface area contributed by atoms with Crippen LogP contribution in [0.3, 0.4) is 0 Å². The summed E-state index contributed by atoms with van der Waals surface area (Å²) in [7, 11) is 2.04. The molecule has 0 spiro atoms. The van der Waals surface area contributed by atoms with Gasteiger partial charge in [0.2, 0.25) is 0 Å². The summed E-state index contributed by atoms with van der Waals surface area (Å²) < 4.78 is 5.58. The summed E-state index contributed by atoms with van der Waals surface area (Å²) in [6.45, 7) is 2.89. The molecule has 1 aliphatic heterocycles. The lowest BCUT2D eigenvalue weighted by molar-refractivity contribution is 0.118. The van der Waals surface area contributed by atoms with Crippen LogP contribution < -0.4 is 10.6 Å². The quantitative estimate of drug-likeness (QED) is 0.821. The topological polar surface area (TPSA) is 51.4 Å². The molecule has 2 unspecified atom stereocenters. The summed E-state index contributed by atoms with van der Waals surface area (Å²) >= 11 is 5.06. The van der Waals surface area contributed by atoms with E-state index in [0.29, 0.717) is 11.0 Å². The van der Waals surface area contributed by atoms with E-state index < -0.39 is 0 Å². The fourth-order valence-electron chi connectivity index (χ4n) is 2.28. The van der Waals surface area contributed by atoms with Gasteiger partial charge in [-0.25, -0.2) is 0 Å². The van der Waals surface area contributed by atoms with E-state index in [9.17, 15) is 0 Å². The molecule has 5 heteroatoms. The van der Waals surface area contributed by atoms with E-state index in [2.05, 4.69) is 16.8 Å². The van der Waals surface area contributed by atoms with E-state index >= 15 is 0 Å². The van der Waals surface area contributed by atoms with Crippen molar-refractivity contribution >= 4 is 22.9 Å². The van der Waals surface area contributed by atoms with Gasteiger partial charge < -0.3 is 15.4 Å². The average Bonchev–Trinajstić information content (AvgIpc) is 2.74. The van der Waals surface area contributed by atoms with Crippen molar-refractivity contribution in [1.29, 1.82) is 0 Å². The van der Waals surface area contributed by atoms with Crippen molar-refractivity contribution in [2.24, 2.45) is 5.73 Å². The number of likely N-dealkylation sites (N-methyl/N-ethyl adjacent to an activating group) is 1. The van der Waals surface area contributed by atoms with Crippen LogP contribution in [-0.2, 0) is 4.74 Å². The SMILES string of the molecule is CC1OCCC1N(C)c1cnccc1C(N)=S. The van der Waals surface area contributed by atoms with Gasteiger partial charge in [0.25, 0.3) is 0 Å². The minimum atomic E-state index is 0.222. The molecule has 0 aromatic carbocycles. The summed E-state index contributed by atoms with van der Waals surface area (Å²) in [6, 6.07) is 2.21. The number of nitrogens with zero attached hydrogens (tertiary/aromatic N) is 2. The molecule has 1 aromatic rings. The zero-order valence-corrected chi connectivity index (χ0v) is 10.9. The first kappa shape index (κ1) is 12.3. The van der Waals surface area contributed by atoms with Gasteiger partial charge >= 0.3 is 0 Å². The van der Waals surface area contributed by atoms with Crippen molar-refractivity contribution in [1.82, 2.24) is 4.98 Å². The minimum absolute atomic E-state index is 0.222. The van der Waals surface area contributed by atoms with E-state index in [1.165, 1.54) is 0 Å². The van der Waals surface area contributed by atoms with Crippen LogP contribution in [0.1, 0.15) is 18.9 Å². The first-order valence-electron chi connectivity index (χ1n) is 5.69. The van der Waals surface area contributed by atoms with Gasteiger partial charge in [-0.1, -0.05) is 12.2 Å². The number of pyridine rings is 1. The maximum absolute atomic E-state index is 5.73. The van der Waals surface area contributed by atoms with Crippen LogP contribution in [0.15, 0.2) is 18.5 Å². The normalized spacial score (nSPS) is 23.6. The maximum Gasteiger partial charge on any atom is 0.106 e. The molecule has 1 aromatic heterocycles. The second kappa shape index (κ2) is 4.98. The Morgan fingerprint density at radius 3 is 3.00 bits per heavy atom. The zero-order valence-electron chi connectivity index (χ0n) is 10.1. The number of rotatable bonds is 3. The molecule has 92 valence electrons. The maximum atomic E-state index is 5.73. The van der Waals surface area contributed by atoms with E-state index in [1.54, 1.807) is 12.4 Å². The van der Waals surface area contributed by atoms with E-state index in [1.807, 2.05) is 13.1 Å². The van der Waals surface area contributed by atoms with Gasteiger partial charge in [-0.05, 0) is 19.4 Å². The van der Waals surface area contributed by atoms with Crippen molar-refractivity contribution in [3.63, 3.8) is 0 Å². The van der Waals surface area contributed by atoms with Crippen molar-refractivity contribution in [3.8, 4) is 0 Å².